The van der Waals surface area contributed by atoms with Crippen molar-refractivity contribution in [1.82, 2.24) is 10.2 Å². The van der Waals surface area contributed by atoms with E-state index in [1.165, 1.54) is 12.8 Å². The molecule has 0 saturated carbocycles. The van der Waals surface area contributed by atoms with Gasteiger partial charge in [-0.2, -0.15) is 0 Å². The zero-order valence-corrected chi connectivity index (χ0v) is 15.0. The van der Waals surface area contributed by atoms with Crippen LogP contribution in [0.25, 0.3) is 0 Å². The lowest BCUT2D eigenvalue weighted by Gasteiger charge is -2.34. The first-order valence-electron chi connectivity index (χ1n) is 8.66. The Hall–Kier alpha value is -0.780. The van der Waals surface area contributed by atoms with Crippen LogP contribution >= 0.6 is 0 Å². The molecule has 0 spiro atoms. The highest BCUT2D eigenvalue weighted by Crippen LogP contribution is 2.20. The van der Waals surface area contributed by atoms with Gasteiger partial charge in [0.1, 0.15) is 0 Å². The normalized spacial score (nSPS) is 27.9. The number of nitrogens with zero attached hydrogens (tertiary/aromatic N) is 2. The number of guanidine groups is 1. The summed E-state index contributed by atoms with van der Waals surface area (Å²) in [7, 11) is -2.81. The quantitative estimate of drug-likeness (QED) is 0.632. The number of rotatable bonds is 4. The molecule has 1 N–H and O–H groups in total. The highest BCUT2D eigenvalue weighted by molar-refractivity contribution is 7.91. The van der Waals surface area contributed by atoms with Crippen LogP contribution in [0.4, 0.5) is 0 Å². The minimum absolute atomic E-state index is 0.197. The minimum Gasteiger partial charge on any atom is -0.354 e. The first kappa shape index (κ1) is 17.6. The van der Waals surface area contributed by atoms with Gasteiger partial charge in [0, 0.05) is 25.7 Å². The summed E-state index contributed by atoms with van der Waals surface area (Å²) in [5, 5.41) is 3.52. The standard InChI is InChI=1S/C16H31N3O2S/c1-4-14(3)18-16(19-8-5-13(2)6-9-19)17-11-15-7-10-22(20,21)12-15/h13-15H,4-12H2,1-3H3,(H,17,18). The van der Waals surface area contributed by atoms with E-state index >= 15 is 0 Å². The van der Waals surface area contributed by atoms with Gasteiger partial charge in [0.05, 0.1) is 11.5 Å². The van der Waals surface area contributed by atoms with Gasteiger partial charge in [-0.3, -0.25) is 4.99 Å². The maximum atomic E-state index is 11.6. The highest BCUT2D eigenvalue weighted by Gasteiger charge is 2.28. The van der Waals surface area contributed by atoms with Crippen LogP contribution in [0, 0.1) is 11.8 Å². The molecule has 2 fully saturated rings. The maximum Gasteiger partial charge on any atom is 0.194 e. The van der Waals surface area contributed by atoms with E-state index in [1.807, 2.05) is 0 Å². The van der Waals surface area contributed by atoms with Gasteiger partial charge in [-0.25, -0.2) is 8.42 Å². The van der Waals surface area contributed by atoms with Gasteiger partial charge in [0.15, 0.2) is 15.8 Å². The number of aliphatic imine (C=N–C) groups is 1. The number of piperidine rings is 1. The Labute approximate surface area is 135 Å². The minimum atomic E-state index is -2.81. The summed E-state index contributed by atoms with van der Waals surface area (Å²) < 4.78 is 23.1. The third kappa shape index (κ3) is 5.14. The smallest absolute Gasteiger partial charge is 0.194 e. The second-order valence-corrected chi connectivity index (χ2v) is 9.29. The molecule has 5 nitrogen and oxygen atoms in total. The van der Waals surface area contributed by atoms with Gasteiger partial charge >= 0.3 is 0 Å². The van der Waals surface area contributed by atoms with Crippen molar-refractivity contribution in [1.29, 1.82) is 0 Å². The maximum absolute atomic E-state index is 11.6. The molecular formula is C16H31N3O2S. The Morgan fingerprint density at radius 1 is 1.32 bits per heavy atom. The number of hydrogen-bond acceptors (Lipinski definition) is 3. The number of hydrogen-bond donors (Lipinski definition) is 1. The van der Waals surface area contributed by atoms with Crippen LogP contribution in [0.15, 0.2) is 4.99 Å². The summed E-state index contributed by atoms with van der Waals surface area (Å²) >= 11 is 0. The second-order valence-electron chi connectivity index (χ2n) is 7.06. The molecule has 0 radical (unpaired) electrons. The third-order valence-electron chi connectivity index (χ3n) is 4.90. The molecular weight excluding hydrogens is 298 g/mol. The average Bonchev–Trinajstić information content (AvgIpc) is 2.83. The van der Waals surface area contributed by atoms with Crippen molar-refractivity contribution in [3.63, 3.8) is 0 Å². The summed E-state index contributed by atoms with van der Waals surface area (Å²) in [4.78, 5) is 7.12. The van der Waals surface area contributed by atoms with Crippen LogP contribution < -0.4 is 5.32 Å². The van der Waals surface area contributed by atoms with E-state index < -0.39 is 9.84 Å². The van der Waals surface area contributed by atoms with Crippen molar-refractivity contribution < 1.29 is 8.42 Å². The lowest BCUT2D eigenvalue weighted by atomic mass is 9.99. The Kier molecular flexibility index (Phi) is 6.12. The summed E-state index contributed by atoms with van der Waals surface area (Å²) in [5.74, 6) is 2.61. The van der Waals surface area contributed by atoms with Gasteiger partial charge in [-0.05, 0) is 44.4 Å². The van der Waals surface area contributed by atoms with Crippen LogP contribution in [-0.2, 0) is 9.84 Å². The van der Waals surface area contributed by atoms with Crippen molar-refractivity contribution in [2.45, 2.75) is 52.5 Å². The Balaban J connectivity index is 1.98. The van der Waals surface area contributed by atoms with E-state index in [0.29, 0.717) is 24.1 Å². The zero-order chi connectivity index (χ0) is 16.2. The van der Waals surface area contributed by atoms with E-state index in [-0.39, 0.29) is 5.92 Å². The number of nitrogens with one attached hydrogen (secondary N) is 1. The molecule has 0 amide bonds. The fraction of sp³-hybridized carbons (Fsp3) is 0.938. The van der Waals surface area contributed by atoms with E-state index in [0.717, 1.165) is 37.8 Å². The SMILES string of the molecule is CCC(C)NC(=NCC1CCS(=O)(=O)C1)N1CCC(C)CC1. The largest absolute Gasteiger partial charge is 0.354 e. The first-order chi connectivity index (χ1) is 10.4. The van der Waals surface area contributed by atoms with Crippen LogP contribution in [0.2, 0.25) is 0 Å². The van der Waals surface area contributed by atoms with Crippen molar-refractivity contribution >= 4 is 15.8 Å². The molecule has 0 aromatic heterocycles. The molecule has 2 rings (SSSR count). The molecule has 0 aromatic rings. The van der Waals surface area contributed by atoms with Gasteiger partial charge in [-0.1, -0.05) is 13.8 Å². The molecule has 0 aliphatic carbocycles. The lowest BCUT2D eigenvalue weighted by Crippen LogP contribution is -2.48. The van der Waals surface area contributed by atoms with Crippen molar-refractivity contribution in [3.05, 3.63) is 0 Å². The average molecular weight is 330 g/mol. The zero-order valence-electron chi connectivity index (χ0n) is 14.2. The van der Waals surface area contributed by atoms with Crippen molar-refractivity contribution in [2.75, 3.05) is 31.1 Å². The summed E-state index contributed by atoms with van der Waals surface area (Å²) in [5.41, 5.74) is 0. The molecule has 2 saturated heterocycles. The first-order valence-corrected chi connectivity index (χ1v) is 10.5. The molecule has 22 heavy (non-hydrogen) atoms. The molecule has 128 valence electrons. The molecule has 2 atom stereocenters. The fourth-order valence-corrected chi connectivity index (χ4v) is 4.86. The Morgan fingerprint density at radius 2 is 2.00 bits per heavy atom. The van der Waals surface area contributed by atoms with Gasteiger partial charge in [-0.15, -0.1) is 0 Å². The van der Waals surface area contributed by atoms with Crippen LogP contribution in [0.5, 0.6) is 0 Å². The fourth-order valence-electron chi connectivity index (χ4n) is 3.01. The summed E-state index contributed by atoms with van der Waals surface area (Å²) in [6.07, 6.45) is 4.23. The van der Waals surface area contributed by atoms with E-state index in [4.69, 9.17) is 4.99 Å². The van der Waals surface area contributed by atoms with Gasteiger partial charge < -0.3 is 10.2 Å². The third-order valence-corrected chi connectivity index (χ3v) is 6.73. The monoisotopic (exact) mass is 329 g/mol. The van der Waals surface area contributed by atoms with Gasteiger partial charge in [0.25, 0.3) is 0 Å². The molecule has 2 unspecified atom stereocenters. The van der Waals surface area contributed by atoms with E-state index in [1.54, 1.807) is 0 Å². The summed E-state index contributed by atoms with van der Waals surface area (Å²) in [6.45, 7) is 9.36. The predicted octanol–water partition coefficient (Wildman–Crippen LogP) is 1.90. The molecule has 2 aliphatic rings. The predicted molar refractivity (Wildman–Crippen MR) is 91.9 cm³/mol. The van der Waals surface area contributed by atoms with E-state index in [2.05, 4.69) is 31.0 Å². The second kappa shape index (κ2) is 7.66. The van der Waals surface area contributed by atoms with Crippen LogP contribution in [-0.4, -0.2) is 56.5 Å². The van der Waals surface area contributed by atoms with Gasteiger partial charge in [0.2, 0.25) is 0 Å². The van der Waals surface area contributed by atoms with E-state index in [9.17, 15) is 8.42 Å². The highest BCUT2D eigenvalue weighted by atomic mass is 32.2. The molecule has 2 aliphatic heterocycles. The van der Waals surface area contributed by atoms with Crippen LogP contribution in [0.1, 0.15) is 46.5 Å². The molecule has 0 bridgehead atoms. The Morgan fingerprint density at radius 3 is 2.55 bits per heavy atom. The lowest BCUT2D eigenvalue weighted by molar-refractivity contribution is 0.270. The summed E-state index contributed by atoms with van der Waals surface area (Å²) in [6, 6.07) is 0.394. The topological polar surface area (TPSA) is 61.8 Å². The molecule has 2 heterocycles. The number of sulfone groups is 1. The van der Waals surface area contributed by atoms with Crippen molar-refractivity contribution in [2.24, 2.45) is 16.8 Å². The van der Waals surface area contributed by atoms with Crippen molar-refractivity contribution in [3.8, 4) is 0 Å². The molecule has 6 heteroatoms. The Bertz CT molecular complexity index is 482. The van der Waals surface area contributed by atoms with Crippen LogP contribution in [0.3, 0.4) is 0 Å². The molecule has 0 aromatic carbocycles. The number of likely N-dealkylation sites (tertiary alicyclic amines) is 1.